The van der Waals surface area contributed by atoms with Gasteiger partial charge >= 0.3 is 0 Å². The second kappa shape index (κ2) is 5.52. The quantitative estimate of drug-likeness (QED) is 0.942. The Morgan fingerprint density at radius 3 is 2.94 bits per heavy atom. The maximum absolute atomic E-state index is 4.51. The molecular formula is C11H12BrN3S. The zero-order valence-electron chi connectivity index (χ0n) is 8.90. The van der Waals surface area contributed by atoms with Crippen LogP contribution in [0.3, 0.4) is 0 Å². The van der Waals surface area contributed by atoms with Crippen molar-refractivity contribution < 1.29 is 0 Å². The number of halogens is 1. The standard InChI is InChI=1S/C11H12BrN3S/c1-2-13-7-11-14-6-5-8(15-11)9-3-4-10(12)16-9/h3-6,13H,2,7H2,1H3. The van der Waals surface area contributed by atoms with Gasteiger partial charge in [-0.2, -0.15) is 0 Å². The maximum Gasteiger partial charge on any atom is 0.142 e. The van der Waals surface area contributed by atoms with Gasteiger partial charge in [-0.05, 0) is 40.7 Å². The van der Waals surface area contributed by atoms with E-state index in [1.165, 1.54) is 0 Å². The van der Waals surface area contributed by atoms with Crippen LogP contribution in [0.25, 0.3) is 10.6 Å². The van der Waals surface area contributed by atoms with Crippen molar-refractivity contribution in [1.82, 2.24) is 15.3 Å². The van der Waals surface area contributed by atoms with Gasteiger partial charge in [-0.3, -0.25) is 0 Å². The molecular weight excluding hydrogens is 286 g/mol. The summed E-state index contributed by atoms with van der Waals surface area (Å²) in [6.45, 7) is 3.72. The third-order valence-electron chi connectivity index (χ3n) is 2.06. The molecule has 2 rings (SSSR count). The molecule has 16 heavy (non-hydrogen) atoms. The summed E-state index contributed by atoms with van der Waals surface area (Å²) in [4.78, 5) is 9.90. The summed E-state index contributed by atoms with van der Waals surface area (Å²) in [5.74, 6) is 0.837. The lowest BCUT2D eigenvalue weighted by Gasteiger charge is -2.02. The maximum atomic E-state index is 4.51. The molecule has 3 nitrogen and oxygen atoms in total. The average Bonchev–Trinajstić information content (AvgIpc) is 2.74. The van der Waals surface area contributed by atoms with Crippen LogP contribution >= 0.6 is 27.3 Å². The van der Waals surface area contributed by atoms with Crippen molar-refractivity contribution in [2.24, 2.45) is 0 Å². The SMILES string of the molecule is CCNCc1nccc(-c2ccc(Br)s2)n1. The molecule has 0 aliphatic rings. The van der Waals surface area contributed by atoms with Gasteiger partial charge in [0.1, 0.15) is 5.82 Å². The van der Waals surface area contributed by atoms with Crippen LogP contribution in [0, 0.1) is 0 Å². The molecule has 0 radical (unpaired) electrons. The van der Waals surface area contributed by atoms with Crippen molar-refractivity contribution in [1.29, 1.82) is 0 Å². The average molecular weight is 298 g/mol. The molecule has 84 valence electrons. The molecule has 0 aliphatic heterocycles. The van der Waals surface area contributed by atoms with E-state index in [0.717, 1.165) is 33.3 Å². The van der Waals surface area contributed by atoms with Crippen LogP contribution in [0.1, 0.15) is 12.7 Å². The Labute approximate surface area is 107 Å². The number of nitrogens with one attached hydrogen (secondary N) is 1. The van der Waals surface area contributed by atoms with Gasteiger partial charge in [0.25, 0.3) is 0 Å². The number of aromatic nitrogens is 2. The van der Waals surface area contributed by atoms with Gasteiger partial charge in [0.05, 0.1) is 20.9 Å². The first-order valence-corrected chi connectivity index (χ1v) is 6.69. The molecule has 0 saturated heterocycles. The fraction of sp³-hybridized carbons (Fsp3) is 0.273. The first-order chi connectivity index (χ1) is 7.79. The van der Waals surface area contributed by atoms with Crippen LogP contribution in [0.4, 0.5) is 0 Å². The molecule has 5 heteroatoms. The van der Waals surface area contributed by atoms with Crippen molar-refractivity contribution in [2.75, 3.05) is 6.54 Å². The highest BCUT2D eigenvalue weighted by Gasteiger charge is 2.04. The van der Waals surface area contributed by atoms with E-state index in [1.807, 2.05) is 18.3 Å². The Kier molecular flexibility index (Phi) is 4.04. The Morgan fingerprint density at radius 2 is 2.25 bits per heavy atom. The molecule has 2 aromatic heterocycles. The van der Waals surface area contributed by atoms with E-state index in [0.29, 0.717) is 0 Å². The monoisotopic (exact) mass is 297 g/mol. The van der Waals surface area contributed by atoms with Crippen LogP contribution in [0.5, 0.6) is 0 Å². The van der Waals surface area contributed by atoms with Crippen molar-refractivity contribution in [3.05, 3.63) is 34.0 Å². The molecule has 0 saturated carbocycles. The number of thiophene rings is 1. The summed E-state index contributed by atoms with van der Waals surface area (Å²) < 4.78 is 1.12. The minimum atomic E-state index is 0.719. The van der Waals surface area contributed by atoms with Gasteiger partial charge in [0.2, 0.25) is 0 Å². The van der Waals surface area contributed by atoms with Crippen LogP contribution in [0.15, 0.2) is 28.2 Å². The van der Waals surface area contributed by atoms with Gasteiger partial charge in [0, 0.05) is 6.20 Å². The van der Waals surface area contributed by atoms with E-state index in [1.54, 1.807) is 11.3 Å². The van der Waals surface area contributed by atoms with E-state index < -0.39 is 0 Å². The van der Waals surface area contributed by atoms with E-state index in [-0.39, 0.29) is 0 Å². The molecule has 0 amide bonds. The van der Waals surface area contributed by atoms with Gasteiger partial charge in [-0.25, -0.2) is 9.97 Å². The molecule has 0 unspecified atom stereocenters. The number of nitrogens with zero attached hydrogens (tertiary/aromatic N) is 2. The van der Waals surface area contributed by atoms with Gasteiger partial charge in [-0.1, -0.05) is 6.92 Å². The lowest BCUT2D eigenvalue weighted by atomic mass is 10.3. The first-order valence-electron chi connectivity index (χ1n) is 5.08. The summed E-state index contributed by atoms with van der Waals surface area (Å²) in [6.07, 6.45) is 1.81. The van der Waals surface area contributed by atoms with Crippen molar-refractivity contribution in [2.45, 2.75) is 13.5 Å². The molecule has 0 bridgehead atoms. The highest BCUT2D eigenvalue weighted by Crippen LogP contribution is 2.29. The highest BCUT2D eigenvalue weighted by molar-refractivity contribution is 9.11. The molecule has 0 fully saturated rings. The highest BCUT2D eigenvalue weighted by atomic mass is 79.9. The predicted octanol–water partition coefficient (Wildman–Crippen LogP) is 3.08. The normalized spacial score (nSPS) is 10.6. The minimum Gasteiger partial charge on any atom is -0.310 e. The summed E-state index contributed by atoms with van der Waals surface area (Å²) in [5, 5.41) is 3.22. The largest absolute Gasteiger partial charge is 0.310 e. The molecule has 0 aromatic carbocycles. The Hall–Kier alpha value is -0.780. The van der Waals surface area contributed by atoms with Crippen molar-refractivity contribution in [3.8, 4) is 10.6 Å². The van der Waals surface area contributed by atoms with Crippen LogP contribution in [0.2, 0.25) is 0 Å². The first kappa shape index (κ1) is 11.7. The Morgan fingerprint density at radius 1 is 1.38 bits per heavy atom. The fourth-order valence-corrected chi connectivity index (χ4v) is 2.67. The second-order valence-corrected chi connectivity index (χ2v) is 5.71. The molecule has 2 heterocycles. The molecule has 1 N–H and O–H groups in total. The Balaban J connectivity index is 2.22. The van der Waals surface area contributed by atoms with Gasteiger partial charge < -0.3 is 5.32 Å². The smallest absolute Gasteiger partial charge is 0.142 e. The lowest BCUT2D eigenvalue weighted by Crippen LogP contribution is -2.14. The van der Waals surface area contributed by atoms with E-state index >= 15 is 0 Å². The predicted molar refractivity (Wildman–Crippen MR) is 70.4 cm³/mol. The van der Waals surface area contributed by atoms with Crippen LogP contribution in [-0.2, 0) is 6.54 Å². The Bertz CT molecular complexity index is 470. The molecule has 0 aliphatic carbocycles. The zero-order valence-corrected chi connectivity index (χ0v) is 11.3. The van der Waals surface area contributed by atoms with Gasteiger partial charge in [-0.15, -0.1) is 11.3 Å². The van der Waals surface area contributed by atoms with Crippen molar-refractivity contribution in [3.63, 3.8) is 0 Å². The fourth-order valence-electron chi connectivity index (χ4n) is 1.31. The summed E-state index contributed by atoms with van der Waals surface area (Å²) in [6, 6.07) is 6.04. The summed E-state index contributed by atoms with van der Waals surface area (Å²) >= 11 is 5.13. The summed E-state index contributed by atoms with van der Waals surface area (Å²) in [7, 11) is 0. The molecule has 0 spiro atoms. The van der Waals surface area contributed by atoms with E-state index in [9.17, 15) is 0 Å². The van der Waals surface area contributed by atoms with Crippen LogP contribution in [-0.4, -0.2) is 16.5 Å². The third kappa shape index (κ3) is 2.87. The number of hydrogen-bond donors (Lipinski definition) is 1. The molecule has 0 atom stereocenters. The zero-order chi connectivity index (χ0) is 11.4. The lowest BCUT2D eigenvalue weighted by molar-refractivity contribution is 0.691. The number of rotatable bonds is 4. The second-order valence-electron chi connectivity index (χ2n) is 3.24. The topological polar surface area (TPSA) is 37.8 Å². The minimum absolute atomic E-state index is 0.719. The van der Waals surface area contributed by atoms with E-state index in [2.05, 4.69) is 44.2 Å². The van der Waals surface area contributed by atoms with Crippen molar-refractivity contribution >= 4 is 27.3 Å². The van der Waals surface area contributed by atoms with Crippen LogP contribution < -0.4 is 5.32 Å². The van der Waals surface area contributed by atoms with E-state index in [4.69, 9.17) is 0 Å². The number of hydrogen-bond acceptors (Lipinski definition) is 4. The summed E-state index contributed by atoms with van der Waals surface area (Å²) in [5.41, 5.74) is 0.985. The van der Waals surface area contributed by atoms with Gasteiger partial charge in [0.15, 0.2) is 0 Å². The molecule has 2 aromatic rings. The third-order valence-corrected chi connectivity index (χ3v) is 3.71.